The van der Waals surface area contributed by atoms with Crippen molar-refractivity contribution in [3.8, 4) is 11.6 Å². The number of rotatable bonds is 8. The van der Waals surface area contributed by atoms with Crippen molar-refractivity contribution in [2.45, 2.75) is 38.5 Å². The number of hydrogen-bond donors (Lipinski definition) is 1. The molecule has 1 N–H and O–H groups in total. The molecule has 0 aliphatic rings. The van der Waals surface area contributed by atoms with E-state index in [9.17, 15) is 4.79 Å². The summed E-state index contributed by atoms with van der Waals surface area (Å²) in [5.41, 5.74) is 0. The van der Waals surface area contributed by atoms with Crippen LogP contribution in [0.15, 0.2) is 50.8 Å². The molecule has 7 nitrogen and oxygen atoms in total. The van der Waals surface area contributed by atoms with Crippen LogP contribution in [0, 0.1) is 5.92 Å². The van der Waals surface area contributed by atoms with E-state index in [2.05, 4.69) is 29.4 Å². The Balaban J connectivity index is 1.66. The van der Waals surface area contributed by atoms with E-state index in [4.69, 9.17) is 8.83 Å². The van der Waals surface area contributed by atoms with Crippen molar-refractivity contribution in [3.63, 3.8) is 0 Å². The average Bonchev–Trinajstić information content (AvgIpc) is 3.34. The summed E-state index contributed by atoms with van der Waals surface area (Å²) in [5.74, 6) is 2.65. The van der Waals surface area contributed by atoms with Crippen LogP contribution < -0.4 is 5.32 Å². The smallest absolute Gasteiger partial charge is 0.231 e. The number of furan rings is 2. The maximum Gasteiger partial charge on any atom is 0.231 e. The molecule has 0 unspecified atom stereocenters. The summed E-state index contributed by atoms with van der Waals surface area (Å²) in [6.45, 7) is 6.88. The average molecular weight is 374 g/mol. The van der Waals surface area contributed by atoms with Crippen molar-refractivity contribution in [2.24, 2.45) is 5.92 Å². The summed E-state index contributed by atoms with van der Waals surface area (Å²) >= 11 is 1.36. The van der Waals surface area contributed by atoms with Crippen LogP contribution in [0.1, 0.15) is 32.6 Å². The fourth-order valence-corrected chi connectivity index (χ4v) is 3.29. The first-order valence-electron chi connectivity index (χ1n) is 8.47. The van der Waals surface area contributed by atoms with Gasteiger partial charge in [0.2, 0.25) is 5.91 Å². The zero-order chi connectivity index (χ0) is 18.5. The first kappa shape index (κ1) is 18.3. The monoisotopic (exact) mass is 374 g/mol. The topological polar surface area (TPSA) is 86.1 Å². The number of thioether (sulfide) groups is 1. The summed E-state index contributed by atoms with van der Waals surface area (Å²) in [4.78, 5) is 12.2. The number of amides is 1. The molecule has 3 aromatic rings. The third kappa shape index (κ3) is 4.37. The van der Waals surface area contributed by atoms with Gasteiger partial charge in [0.1, 0.15) is 5.76 Å². The zero-order valence-corrected chi connectivity index (χ0v) is 15.8. The Morgan fingerprint density at radius 2 is 1.96 bits per heavy atom. The molecule has 26 heavy (non-hydrogen) atoms. The van der Waals surface area contributed by atoms with Crippen molar-refractivity contribution < 1.29 is 13.6 Å². The van der Waals surface area contributed by atoms with Gasteiger partial charge in [-0.15, -0.1) is 10.2 Å². The van der Waals surface area contributed by atoms with E-state index < -0.39 is 0 Å². The van der Waals surface area contributed by atoms with E-state index in [0.717, 1.165) is 12.3 Å². The van der Waals surface area contributed by atoms with Crippen LogP contribution in [-0.2, 0) is 11.3 Å². The highest BCUT2D eigenvalue weighted by Crippen LogP contribution is 2.25. The molecule has 0 saturated heterocycles. The lowest BCUT2D eigenvalue weighted by molar-refractivity contribution is -0.119. The third-order valence-electron chi connectivity index (χ3n) is 3.69. The molecule has 1 amide bonds. The minimum Gasteiger partial charge on any atom is -0.467 e. The predicted molar refractivity (Wildman–Crippen MR) is 98.6 cm³/mol. The van der Waals surface area contributed by atoms with Crippen molar-refractivity contribution in [2.75, 3.05) is 5.75 Å². The van der Waals surface area contributed by atoms with Gasteiger partial charge < -0.3 is 14.2 Å². The van der Waals surface area contributed by atoms with Crippen LogP contribution >= 0.6 is 11.8 Å². The first-order valence-corrected chi connectivity index (χ1v) is 9.45. The number of aromatic nitrogens is 3. The number of nitrogens with zero attached hydrogens (tertiary/aromatic N) is 3. The van der Waals surface area contributed by atoms with Crippen molar-refractivity contribution >= 4 is 17.7 Å². The van der Waals surface area contributed by atoms with Gasteiger partial charge >= 0.3 is 0 Å². The van der Waals surface area contributed by atoms with Crippen molar-refractivity contribution in [3.05, 3.63) is 42.6 Å². The molecule has 0 saturated carbocycles. The molecular weight excluding hydrogens is 352 g/mol. The third-order valence-corrected chi connectivity index (χ3v) is 4.65. The van der Waals surface area contributed by atoms with Crippen LogP contribution in [0.5, 0.6) is 0 Å². The fourth-order valence-electron chi connectivity index (χ4n) is 2.54. The Hall–Kier alpha value is -2.48. The molecule has 0 aromatic carbocycles. The second-order valence-corrected chi connectivity index (χ2v) is 7.32. The maximum absolute atomic E-state index is 12.2. The van der Waals surface area contributed by atoms with Crippen LogP contribution in [0.2, 0.25) is 0 Å². The molecular formula is C18H22N4O3S. The molecule has 3 heterocycles. The lowest BCUT2D eigenvalue weighted by atomic mass is 10.2. The second-order valence-electron chi connectivity index (χ2n) is 6.38. The standard InChI is InChI=1S/C18H22N4O3S/c1-12(2)10-22-17(15-7-5-9-25-15)20-21-18(22)26-11-16(23)19-13(3)14-6-4-8-24-14/h4-9,12-13H,10-11H2,1-3H3,(H,19,23)/t13-/m0/s1. The van der Waals surface area contributed by atoms with Gasteiger partial charge in [-0.25, -0.2) is 0 Å². The largest absolute Gasteiger partial charge is 0.467 e. The Morgan fingerprint density at radius 1 is 1.19 bits per heavy atom. The van der Waals surface area contributed by atoms with Gasteiger partial charge in [0.25, 0.3) is 0 Å². The van der Waals surface area contributed by atoms with Gasteiger partial charge in [0.05, 0.1) is 24.3 Å². The molecule has 0 aliphatic heterocycles. The van der Waals surface area contributed by atoms with E-state index >= 15 is 0 Å². The highest BCUT2D eigenvalue weighted by molar-refractivity contribution is 7.99. The summed E-state index contributed by atoms with van der Waals surface area (Å²) < 4.78 is 12.8. The molecule has 0 bridgehead atoms. The normalized spacial score (nSPS) is 12.5. The van der Waals surface area contributed by atoms with E-state index in [-0.39, 0.29) is 17.7 Å². The van der Waals surface area contributed by atoms with Crippen LogP contribution in [0.4, 0.5) is 0 Å². The zero-order valence-electron chi connectivity index (χ0n) is 15.0. The number of nitrogens with one attached hydrogen (secondary N) is 1. The summed E-state index contributed by atoms with van der Waals surface area (Å²) in [7, 11) is 0. The summed E-state index contributed by atoms with van der Waals surface area (Å²) in [6.07, 6.45) is 3.21. The van der Waals surface area contributed by atoms with E-state index in [1.165, 1.54) is 11.8 Å². The van der Waals surface area contributed by atoms with Crippen molar-refractivity contribution in [1.82, 2.24) is 20.1 Å². The molecule has 0 radical (unpaired) electrons. The molecule has 3 rings (SSSR count). The molecule has 0 spiro atoms. The highest BCUT2D eigenvalue weighted by atomic mass is 32.2. The fraction of sp³-hybridized carbons (Fsp3) is 0.389. The minimum atomic E-state index is -0.176. The van der Waals surface area contributed by atoms with Crippen LogP contribution in [0.25, 0.3) is 11.6 Å². The number of carbonyl (C=O) groups excluding carboxylic acids is 1. The Morgan fingerprint density at radius 3 is 2.62 bits per heavy atom. The summed E-state index contributed by atoms with van der Waals surface area (Å²) in [5, 5.41) is 12.1. The van der Waals surface area contributed by atoms with E-state index in [1.807, 2.05) is 29.7 Å². The molecule has 3 aromatic heterocycles. The quantitative estimate of drug-likeness (QED) is 0.604. The molecule has 8 heteroatoms. The van der Waals surface area contributed by atoms with Gasteiger partial charge in [-0.05, 0) is 37.1 Å². The Bertz CT molecular complexity index is 825. The second kappa shape index (κ2) is 8.27. The van der Waals surface area contributed by atoms with Gasteiger partial charge in [0, 0.05) is 6.54 Å². The highest BCUT2D eigenvalue weighted by Gasteiger charge is 2.19. The minimum absolute atomic E-state index is 0.0856. The SMILES string of the molecule is CC(C)Cn1c(SCC(=O)N[C@@H](C)c2ccco2)nnc1-c1ccco1. The number of hydrogen-bond acceptors (Lipinski definition) is 6. The Kier molecular flexibility index (Phi) is 5.82. The maximum atomic E-state index is 12.2. The van der Waals surface area contributed by atoms with Gasteiger partial charge in [-0.1, -0.05) is 25.6 Å². The molecule has 1 atom stereocenters. The Labute approximate surface area is 156 Å². The van der Waals surface area contributed by atoms with E-state index in [0.29, 0.717) is 22.7 Å². The molecule has 0 fully saturated rings. The molecule has 0 aliphatic carbocycles. The lowest BCUT2D eigenvalue weighted by Crippen LogP contribution is -2.28. The van der Waals surface area contributed by atoms with Gasteiger partial charge in [0.15, 0.2) is 16.7 Å². The number of carbonyl (C=O) groups is 1. The van der Waals surface area contributed by atoms with Crippen LogP contribution in [-0.4, -0.2) is 26.4 Å². The first-order chi connectivity index (χ1) is 12.5. The van der Waals surface area contributed by atoms with Gasteiger partial charge in [-0.2, -0.15) is 0 Å². The predicted octanol–water partition coefficient (Wildman–Crippen LogP) is 3.76. The van der Waals surface area contributed by atoms with Crippen molar-refractivity contribution in [1.29, 1.82) is 0 Å². The van der Waals surface area contributed by atoms with Crippen LogP contribution in [0.3, 0.4) is 0 Å². The van der Waals surface area contributed by atoms with Gasteiger partial charge in [-0.3, -0.25) is 9.36 Å². The summed E-state index contributed by atoms with van der Waals surface area (Å²) in [6, 6.07) is 7.14. The van der Waals surface area contributed by atoms with E-state index in [1.54, 1.807) is 18.6 Å². The molecule has 138 valence electrons. The lowest BCUT2D eigenvalue weighted by Gasteiger charge is -2.13.